The number of hydrogen-bond donors (Lipinski definition) is 2. The summed E-state index contributed by atoms with van der Waals surface area (Å²) in [7, 11) is 0. The van der Waals surface area contributed by atoms with Crippen molar-refractivity contribution in [1.29, 1.82) is 0 Å². The Kier molecular flexibility index (Phi) is 4.06. The van der Waals surface area contributed by atoms with E-state index < -0.39 is 35.1 Å². The minimum atomic E-state index is -1.24. The van der Waals surface area contributed by atoms with E-state index in [2.05, 4.69) is 15.3 Å². The summed E-state index contributed by atoms with van der Waals surface area (Å²) >= 11 is 0. The smallest absolute Gasteiger partial charge is 0.265 e. The fourth-order valence-electron chi connectivity index (χ4n) is 3.64. The van der Waals surface area contributed by atoms with Crippen molar-refractivity contribution in [3.05, 3.63) is 89.8 Å². The van der Waals surface area contributed by atoms with E-state index in [1.807, 2.05) is 0 Å². The van der Waals surface area contributed by atoms with Crippen molar-refractivity contribution in [3.8, 4) is 0 Å². The van der Waals surface area contributed by atoms with E-state index >= 15 is 0 Å². The molecule has 2 heterocycles. The normalized spacial score (nSPS) is 15.7. The van der Waals surface area contributed by atoms with Crippen LogP contribution in [0.25, 0.3) is 11.0 Å². The van der Waals surface area contributed by atoms with Crippen LogP contribution in [0.3, 0.4) is 0 Å². The first-order valence-corrected chi connectivity index (χ1v) is 9.16. The Morgan fingerprint density at radius 3 is 2.40 bits per heavy atom. The Morgan fingerprint density at radius 2 is 1.63 bits per heavy atom. The summed E-state index contributed by atoms with van der Waals surface area (Å²) in [6, 6.07) is 15.6. The molecule has 0 fully saturated rings. The lowest BCUT2D eigenvalue weighted by atomic mass is 10.0. The van der Waals surface area contributed by atoms with Crippen LogP contribution < -0.4 is 10.2 Å². The molecule has 148 valence electrons. The molecule has 1 aliphatic rings. The first-order chi connectivity index (χ1) is 14.5. The molecule has 8 heteroatoms. The topological polar surface area (TPSA) is 78.1 Å². The number of imidazole rings is 1. The summed E-state index contributed by atoms with van der Waals surface area (Å²) in [6.45, 7) is 0. The average molecular weight is 404 g/mol. The van der Waals surface area contributed by atoms with Crippen molar-refractivity contribution in [2.24, 2.45) is 0 Å². The van der Waals surface area contributed by atoms with Crippen LogP contribution in [-0.4, -0.2) is 21.8 Å². The standard InChI is InChI=1S/C22H14F2N4O2/c23-12-6-5-7-13(24)18(12)22(30)28-17-11-4-3-10-16(17)27-21(29)19(28)20-25-14-8-1-2-9-15(14)26-20/h1-11,19H,(H,25,26)(H,27,29). The van der Waals surface area contributed by atoms with E-state index in [1.165, 1.54) is 6.07 Å². The van der Waals surface area contributed by atoms with Gasteiger partial charge in [0.25, 0.3) is 11.8 Å². The van der Waals surface area contributed by atoms with E-state index in [-0.39, 0.29) is 5.82 Å². The summed E-state index contributed by atoms with van der Waals surface area (Å²) in [4.78, 5) is 34.9. The first kappa shape index (κ1) is 18.0. The van der Waals surface area contributed by atoms with Gasteiger partial charge in [0.05, 0.1) is 22.4 Å². The molecule has 5 rings (SSSR count). The molecule has 6 nitrogen and oxygen atoms in total. The highest BCUT2D eigenvalue weighted by Gasteiger charge is 2.41. The van der Waals surface area contributed by atoms with Crippen LogP contribution in [0.15, 0.2) is 66.7 Å². The largest absolute Gasteiger partial charge is 0.340 e. The van der Waals surface area contributed by atoms with E-state index in [0.717, 1.165) is 17.0 Å². The third kappa shape index (κ3) is 2.73. The van der Waals surface area contributed by atoms with Crippen LogP contribution in [0.1, 0.15) is 22.2 Å². The van der Waals surface area contributed by atoms with Crippen LogP contribution in [0, 0.1) is 11.6 Å². The number of rotatable bonds is 2. The van der Waals surface area contributed by atoms with Gasteiger partial charge >= 0.3 is 0 Å². The van der Waals surface area contributed by atoms with Crippen molar-refractivity contribution in [2.75, 3.05) is 10.2 Å². The fourth-order valence-corrected chi connectivity index (χ4v) is 3.64. The number of nitrogens with zero attached hydrogens (tertiary/aromatic N) is 2. The Hall–Kier alpha value is -4.07. The molecule has 1 atom stereocenters. The van der Waals surface area contributed by atoms with Gasteiger partial charge in [-0.15, -0.1) is 0 Å². The van der Waals surface area contributed by atoms with Gasteiger partial charge in [0.15, 0.2) is 6.04 Å². The first-order valence-electron chi connectivity index (χ1n) is 9.16. The van der Waals surface area contributed by atoms with Crippen LogP contribution >= 0.6 is 0 Å². The lowest BCUT2D eigenvalue weighted by Gasteiger charge is -2.35. The number of carbonyl (C=O) groups is 2. The van der Waals surface area contributed by atoms with Gasteiger partial charge < -0.3 is 10.3 Å². The van der Waals surface area contributed by atoms with Gasteiger partial charge in [-0.05, 0) is 36.4 Å². The van der Waals surface area contributed by atoms with Gasteiger partial charge in [-0.25, -0.2) is 13.8 Å². The van der Waals surface area contributed by atoms with Crippen molar-refractivity contribution in [2.45, 2.75) is 6.04 Å². The summed E-state index contributed by atoms with van der Waals surface area (Å²) in [5, 5.41) is 2.74. The van der Waals surface area contributed by atoms with Crippen LogP contribution in [-0.2, 0) is 4.79 Å². The third-order valence-electron chi connectivity index (χ3n) is 4.99. The number of aromatic amines is 1. The minimum Gasteiger partial charge on any atom is -0.340 e. The molecule has 1 aliphatic heterocycles. The number of amides is 2. The van der Waals surface area contributed by atoms with Crippen molar-refractivity contribution < 1.29 is 18.4 Å². The molecular weight excluding hydrogens is 390 g/mol. The maximum atomic E-state index is 14.4. The second-order valence-electron chi connectivity index (χ2n) is 6.82. The second-order valence-corrected chi connectivity index (χ2v) is 6.82. The van der Waals surface area contributed by atoms with Gasteiger partial charge in [0.2, 0.25) is 0 Å². The number of halogens is 2. The summed E-state index contributed by atoms with van der Waals surface area (Å²) in [5.41, 5.74) is 1.21. The number of para-hydroxylation sites is 4. The van der Waals surface area contributed by atoms with Gasteiger partial charge in [-0.3, -0.25) is 14.5 Å². The Labute approximate surface area is 169 Å². The van der Waals surface area contributed by atoms with Crippen LogP contribution in [0.4, 0.5) is 20.2 Å². The molecule has 30 heavy (non-hydrogen) atoms. The molecule has 0 aliphatic carbocycles. The number of H-pyrrole nitrogens is 1. The molecule has 1 aromatic heterocycles. The molecular formula is C22H14F2N4O2. The predicted molar refractivity (Wildman–Crippen MR) is 107 cm³/mol. The van der Waals surface area contributed by atoms with E-state index in [0.29, 0.717) is 22.4 Å². The van der Waals surface area contributed by atoms with Gasteiger partial charge in [0.1, 0.15) is 23.0 Å². The Balaban J connectivity index is 1.72. The summed E-state index contributed by atoms with van der Waals surface area (Å²) in [6.07, 6.45) is 0. The molecule has 2 N–H and O–H groups in total. The Morgan fingerprint density at radius 1 is 0.933 bits per heavy atom. The van der Waals surface area contributed by atoms with Crippen molar-refractivity contribution in [1.82, 2.24) is 9.97 Å². The quantitative estimate of drug-likeness (QED) is 0.526. The van der Waals surface area contributed by atoms with E-state index in [1.54, 1.807) is 48.5 Å². The molecule has 0 spiro atoms. The molecule has 1 unspecified atom stereocenters. The number of nitrogens with one attached hydrogen (secondary N) is 2. The Bertz CT molecular complexity index is 1260. The molecule has 0 saturated heterocycles. The number of anilines is 2. The van der Waals surface area contributed by atoms with Crippen LogP contribution in [0.2, 0.25) is 0 Å². The highest BCUT2D eigenvalue weighted by Crippen LogP contribution is 2.39. The van der Waals surface area contributed by atoms with Crippen LogP contribution in [0.5, 0.6) is 0 Å². The number of benzene rings is 3. The minimum absolute atomic E-state index is 0.188. The number of fused-ring (bicyclic) bond motifs is 2. The average Bonchev–Trinajstić information content (AvgIpc) is 3.16. The van der Waals surface area contributed by atoms with Gasteiger partial charge in [0, 0.05) is 0 Å². The van der Waals surface area contributed by atoms with E-state index in [4.69, 9.17) is 0 Å². The zero-order chi connectivity index (χ0) is 20.8. The van der Waals surface area contributed by atoms with Crippen molar-refractivity contribution >= 4 is 34.2 Å². The molecule has 0 saturated carbocycles. The summed E-state index contributed by atoms with van der Waals surface area (Å²) < 4.78 is 28.8. The third-order valence-corrected chi connectivity index (χ3v) is 4.99. The fraction of sp³-hybridized carbons (Fsp3) is 0.0455. The summed E-state index contributed by atoms with van der Waals surface area (Å²) in [5.74, 6) is -3.34. The molecule has 4 aromatic rings. The van der Waals surface area contributed by atoms with E-state index in [9.17, 15) is 18.4 Å². The number of carbonyl (C=O) groups excluding carboxylic acids is 2. The van der Waals surface area contributed by atoms with Gasteiger partial charge in [-0.2, -0.15) is 0 Å². The zero-order valence-electron chi connectivity index (χ0n) is 15.4. The van der Waals surface area contributed by atoms with Crippen molar-refractivity contribution in [3.63, 3.8) is 0 Å². The number of aromatic nitrogens is 2. The molecule has 0 radical (unpaired) electrons. The monoisotopic (exact) mass is 404 g/mol. The molecule has 3 aromatic carbocycles. The maximum absolute atomic E-state index is 14.4. The second kappa shape index (κ2) is 6.77. The highest BCUT2D eigenvalue weighted by molar-refractivity contribution is 6.16. The SMILES string of the molecule is O=C1Nc2ccccc2N(C(=O)c2c(F)cccc2F)C1c1nc2ccccc2[nH]1. The number of hydrogen-bond acceptors (Lipinski definition) is 3. The zero-order valence-corrected chi connectivity index (χ0v) is 15.4. The predicted octanol–water partition coefficient (Wildman–Crippen LogP) is 4.18. The highest BCUT2D eigenvalue weighted by atomic mass is 19.1. The lowest BCUT2D eigenvalue weighted by Crippen LogP contribution is -2.46. The molecule has 2 amide bonds. The lowest BCUT2D eigenvalue weighted by molar-refractivity contribution is -0.117. The maximum Gasteiger partial charge on any atom is 0.265 e. The molecule has 0 bridgehead atoms. The van der Waals surface area contributed by atoms with Gasteiger partial charge in [-0.1, -0.05) is 30.3 Å².